The normalized spacial score (nSPS) is 9.57. The number of aromatic carboxylic acids is 1. The molecule has 0 aliphatic heterocycles. The Labute approximate surface area is 138 Å². The first-order valence-corrected chi connectivity index (χ1v) is 6.99. The summed E-state index contributed by atoms with van der Waals surface area (Å²) in [6.07, 6.45) is 1.17. The second-order valence-corrected chi connectivity index (χ2v) is 5.15. The lowest BCUT2D eigenvalue weighted by Gasteiger charge is -2.01. The van der Waals surface area contributed by atoms with Crippen molar-refractivity contribution in [1.29, 1.82) is 0 Å². The van der Waals surface area contributed by atoms with Gasteiger partial charge in [0.2, 0.25) is 0 Å². The van der Waals surface area contributed by atoms with E-state index in [9.17, 15) is 23.2 Å². The van der Waals surface area contributed by atoms with Crippen molar-refractivity contribution in [1.82, 2.24) is 0 Å². The molecule has 0 spiro atoms. The summed E-state index contributed by atoms with van der Waals surface area (Å²) < 4.78 is 25.8. The number of carbonyl (C=O) groups excluding carboxylic acids is 2. The summed E-state index contributed by atoms with van der Waals surface area (Å²) in [5.41, 5.74) is 0.812. The van der Waals surface area contributed by atoms with E-state index in [1.165, 1.54) is 18.2 Å². The molecule has 0 fully saturated rings. The predicted octanol–water partition coefficient (Wildman–Crippen LogP) is 4.05. The molecule has 4 nitrogen and oxygen atoms in total. The third kappa shape index (κ3) is 4.79. The second kappa shape index (κ2) is 8.28. The highest BCUT2D eigenvalue weighted by molar-refractivity contribution is 9.10. The Morgan fingerprint density at radius 2 is 1.70 bits per heavy atom. The lowest BCUT2D eigenvalue weighted by Crippen LogP contribution is -2.01. The first-order valence-electron chi connectivity index (χ1n) is 6.19. The van der Waals surface area contributed by atoms with Crippen LogP contribution >= 0.6 is 15.9 Å². The minimum Gasteiger partial charge on any atom is -0.478 e. The zero-order valence-electron chi connectivity index (χ0n) is 11.8. The first-order chi connectivity index (χ1) is 10.8. The van der Waals surface area contributed by atoms with Crippen molar-refractivity contribution in [2.45, 2.75) is 6.92 Å². The molecule has 2 aromatic rings. The maximum Gasteiger partial charge on any atom is 0.338 e. The molecule has 1 N–H and O–H groups in total. The quantitative estimate of drug-likeness (QED) is 0.810. The van der Waals surface area contributed by atoms with Crippen LogP contribution in [0.3, 0.4) is 0 Å². The van der Waals surface area contributed by atoms with Crippen LogP contribution in [-0.4, -0.2) is 23.6 Å². The maximum absolute atomic E-state index is 12.7. The van der Waals surface area contributed by atoms with Crippen LogP contribution < -0.4 is 0 Å². The van der Waals surface area contributed by atoms with E-state index in [0.29, 0.717) is 28.2 Å². The third-order valence-electron chi connectivity index (χ3n) is 2.87. The van der Waals surface area contributed by atoms with Gasteiger partial charge in [-0.3, -0.25) is 9.59 Å². The van der Waals surface area contributed by atoms with Crippen LogP contribution in [0.25, 0.3) is 0 Å². The first kappa shape index (κ1) is 18.6. The van der Waals surface area contributed by atoms with E-state index in [0.717, 1.165) is 12.1 Å². The molecule has 120 valence electrons. The summed E-state index contributed by atoms with van der Waals surface area (Å²) in [5.74, 6) is -2.56. The molecule has 2 aromatic carbocycles. The van der Waals surface area contributed by atoms with Crippen LogP contribution in [0.2, 0.25) is 0 Å². The summed E-state index contributed by atoms with van der Waals surface area (Å²) in [6.45, 7) is 1.69. The van der Waals surface area contributed by atoms with Crippen LogP contribution in [0.5, 0.6) is 0 Å². The van der Waals surface area contributed by atoms with Crippen LogP contribution in [0.4, 0.5) is 8.78 Å². The highest BCUT2D eigenvalue weighted by Crippen LogP contribution is 2.21. The highest BCUT2D eigenvalue weighted by atomic mass is 79.9. The van der Waals surface area contributed by atoms with E-state index in [1.807, 2.05) is 0 Å². The molecular weight excluding hydrogens is 374 g/mol. The summed E-state index contributed by atoms with van der Waals surface area (Å²) in [5, 5.41) is 8.43. The Bertz CT molecular complexity index is 760. The fourth-order valence-electron chi connectivity index (χ4n) is 1.57. The molecule has 0 aliphatic carbocycles. The average molecular weight is 385 g/mol. The standard InChI is InChI=1S/C8H6BrFO.C8H5FO3/c1-5-6(4-11)2-3-7(10)8(5)9;9-7-2-1-5(4-10)3-6(7)8(11)12/h2-4H,1H3;1-4H,(H,11,12). The highest BCUT2D eigenvalue weighted by Gasteiger charge is 2.09. The van der Waals surface area contributed by atoms with Gasteiger partial charge in [0.05, 0.1) is 10.0 Å². The Balaban J connectivity index is 0.000000231. The number of carboxylic acid groups (broad SMARTS) is 1. The Morgan fingerprint density at radius 3 is 2.22 bits per heavy atom. The van der Waals surface area contributed by atoms with Crippen molar-refractivity contribution in [3.8, 4) is 0 Å². The van der Waals surface area contributed by atoms with Crippen molar-refractivity contribution in [2.75, 3.05) is 0 Å². The topological polar surface area (TPSA) is 71.4 Å². The zero-order chi connectivity index (χ0) is 17.6. The van der Waals surface area contributed by atoms with Gasteiger partial charge in [-0.05, 0) is 58.7 Å². The number of aldehydes is 2. The SMILES string of the molecule is Cc1c(C=O)ccc(F)c1Br.O=Cc1ccc(F)c(C(=O)O)c1. The summed E-state index contributed by atoms with van der Waals surface area (Å²) >= 11 is 3.04. The number of halogens is 3. The van der Waals surface area contributed by atoms with E-state index in [-0.39, 0.29) is 11.4 Å². The fourth-order valence-corrected chi connectivity index (χ4v) is 1.94. The van der Waals surface area contributed by atoms with Gasteiger partial charge in [0, 0.05) is 11.1 Å². The van der Waals surface area contributed by atoms with E-state index < -0.39 is 17.3 Å². The molecule has 0 unspecified atom stereocenters. The molecule has 0 saturated carbocycles. The van der Waals surface area contributed by atoms with Crippen molar-refractivity contribution in [3.05, 3.63) is 68.7 Å². The largest absolute Gasteiger partial charge is 0.478 e. The van der Waals surface area contributed by atoms with E-state index >= 15 is 0 Å². The molecule has 7 heteroatoms. The predicted molar refractivity (Wildman–Crippen MR) is 83.0 cm³/mol. The van der Waals surface area contributed by atoms with Crippen molar-refractivity contribution >= 4 is 34.5 Å². The van der Waals surface area contributed by atoms with Gasteiger partial charge < -0.3 is 5.11 Å². The Kier molecular flexibility index (Phi) is 6.71. The van der Waals surface area contributed by atoms with Gasteiger partial charge in [0.15, 0.2) is 0 Å². The lowest BCUT2D eigenvalue weighted by molar-refractivity contribution is 0.0691. The summed E-state index contributed by atoms with van der Waals surface area (Å²) in [6, 6.07) is 5.88. The number of rotatable bonds is 3. The van der Waals surface area contributed by atoms with Gasteiger partial charge in [-0.1, -0.05) is 0 Å². The van der Waals surface area contributed by atoms with Crippen LogP contribution in [0.15, 0.2) is 34.8 Å². The number of hydrogen-bond acceptors (Lipinski definition) is 3. The smallest absolute Gasteiger partial charge is 0.338 e. The zero-order valence-corrected chi connectivity index (χ0v) is 13.4. The Morgan fingerprint density at radius 1 is 1.09 bits per heavy atom. The number of benzene rings is 2. The maximum atomic E-state index is 12.7. The number of carbonyl (C=O) groups is 3. The van der Waals surface area contributed by atoms with Gasteiger partial charge in [0.1, 0.15) is 24.2 Å². The molecule has 0 amide bonds. The number of carboxylic acids is 1. The van der Waals surface area contributed by atoms with Crippen molar-refractivity contribution in [3.63, 3.8) is 0 Å². The summed E-state index contributed by atoms with van der Waals surface area (Å²) in [7, 11) is 0. The van der Waals surface area contributed by atoms with Gasteiger partial charge in [0.25, 0.3) is 0 Å². The van der Waals surface area contributed by atoms with Gasteiger partial charge in [-0.15, -0.1) is 0 Å². The molecule has 0 aromatic heterocycles. The minimum absolute atomic E-state index is 0.147. The van der Waals surface area contributed by atoms with Gasteiger partial charge in [-0.2, -0.15) is 0 Å². The van der Waals surface area contributed by atoms with Crippen molar-refractivity contribution < 1.29 is 28.3 Å². The minimum atomic E-state index is -1.38. The second-order valence-electron chi connectivity index (χ2n) is 4.36. The molecule has 0 saturated heterocycles. The monoisotopic (exact) mass is 384 g/mol. The fraction of sp³-hybridized carbons (Fsp3) is 0.0625. The molecular formula is C16H11BrF2O4. The molecule has 23 heavy (non-hydrogen) atoms. The van der Waals surface area contributed by atoms with Gasteiger partial charge >= 0.3 is 5.97 Å². The molecule has 0 radical (unpaired) electrons. The Hall–Kier alpha value is -2.41. The summed E-state index contributed by atoms with van der Waals surface area (Å²) in [4.78, 5) is 30.9. The third-order valence-corrected chi connectivity index (χ3v) is 3.84. The van der Waals surface area contributed by atoms with E-state index in [2.05, 4.69) is 15.9 Å². The molecule has 0 heterocycles. The average Bonchev–Trinajstić information content (AvgIpc) is 2.54. The molecule has 0 bridgehead atoms. The number of hydrogen-bond donors (Lipinski definition) is 1. The van der Waals surface area contributed by atoms with E-state index in [4.69, 9.17) is 5.11 Å². The molecule has 0 aliphatic rings. The van der Waals surface area contributed by atoms with Crippen molar-refractivity contribution in [2.24, 2.45) is 0 Å². The van der Waals surface area contributed by atoms with Crippen LogP contribution in [0.1, 0.15) is 36.6 Å². The van der Waals surface area contributed by atoms with E-state index in [1.54, 1.807) is 6.92 Å². The van der Waals surface area contributed by atoms with Crippen LogP contribution in [0, 0.1) is 18.6 Å². The van der Waals surface area contributed by atoms with Gasteiger partial charge in [-0.25, -0.2) is 13.6 Å². The van der Waals surface area contributed by atoms with Crippen LogP contribution in [-0.2, 0) is 0 Å². The molecule has 0 atom stereocenters. The lowest BCUT2D eigenvalue weighted by atomic mass is 10.1. The molecule has 2 rings (SSSR count).